The molecule has 0 aliphatic rings. The van der Waals surface area contributed by atoms with Gasteiger partial charge in [-0.05, 0) is 13.3 Å². The third-order valence-corrected chi connectivity index (χ3v) is 2.14. The standard InChI is InChI=1S/C9H20BFO3/c1-3-4-5-6-7-8-9(2)13-10(12)14-11/h9,12H,3-8H2,1-2H3. The van der Waals surface area contributed by atoms with Crippen LogP contribution >= 0.6 is 0 Å². The average Bonchev–Trinajstić information content (AvgIpc) is 2.17. The maximum atomic E-state index is 11.4. The van der Waals surface area contributed by atoms with Crippen molar-refractivity contribution in [2.45, 2.75) is 58.5 Å². The summed E-state index contributed by atoms with van der Waals surface area (Å²) in [4.78, 5) is 3.10. The van der Waals surface area contributed by atoms with Crippen molar-refractivity contribution in [3.63, 3.8) is 0 Å². The van der Waals surface area contributed by atoms with E-state index in [2.05, 4.69) is 11.8 Å². The maximum absolute atomic E-state index is 11.4. The summed E-state index contributed by atoms with van der Waals surface area (Å²) in [5, 5.41) is 8.65. The lowest BCUT2D eigenvalue weighted by molar-refractivity contribution is -0.0749. The molecule has 3 nitrogen and oxygen atoms in total. The lowest BCUT2D eigenvalue weighted by Crippen LogP contribution is -2.24. The summed E-state index contributed by atoms with van der Waals surface area (Å²) < 4.78 is 16.1. The molecule has 0 aliphatic heterocycles. The first kappa shape index (κ1) is 13.9. The van der Waals surface area contributed by atoms with E-state index in [4.69, 9.17) is 9.68 Å². The molecule has 0 heterocycles. The Balaban J connectivity index is 3.22. The number of hydrogen-bond donors (Lipinski definition) is 1. The van der Waals surface area contributed by atoms with E-state index in [0.717, 1.165) is 19.3 Å². The smallest absolute Gasteiger partial charge is 0.400 e. The molecule has 0 aliphatic carbocycles. The van der Waals surface area contributed by atoms with E-state index in [-0.39, 0.29) is 6.10 Å². The topological polar surface area (TPSA) is 38.7 Å². The molecule has 1 unspecified atom stereocenters. The van der Waals surface area contributed by atoms with Gasteiger partial charge >= 0.3 is 7.32 Å². The van der Waals surface area contributed by atoms with Gasteiger partial charge in [0.2, 0.25) is 0 Å². The fraction of sp³-hybridized carbons (Fsp3) is 1.00. The minimum Gasteiger partial charge on any atom is -0.400 e. The molecule has 14 heavy (non-hydrogen) atoms. The van der Waals surface area contributed by atoms with Crippen LogP contribution in [0.5, 0.6) is 0 Å². The van der Waals surface area contributed by atoms with E-state index < -0.39 is 7.32 Å². The normalized spacial score (nSPS) is 12.9. The number of hydrogen-bond acceptors (Lipinski definition) is 3. The summed E-state index contributed by atoms with van der Waals surface area (Å²) in [6, 6.07) is 0. The Morgan fingerprint density at radius 2 is 1.93 bits per heavy atom. The fourth-order valence-corrected chi connectivity index (χ4v) is 1.32. The van der Waals surface area contributed by atoms with Crippen LogP contribution in [0.1, 0.15) is 52.4 Å². The van der Waals surface area contributed by atoms with Crippen LogP contribution in [-0.2, 0) is 9.51 Å². The summed E-state index contributed by atoms with van der Waals surface area (Å²) in [5.41, 5.74) is 0. The second-order valence-corrected chi connectivity index (χ2v) is 3.55. The van der Waals surface area contributed by atoms with E-state index in [1.54, 1.807) is 6.92 Å². The van der Waals surface area contributed by atoms with Crippen LogP contribution in [-0.4, -0.2) is 18.4 Å². The Hall–Kier alpha value is -0.125. The van der Waals surface area contributed by atoms with Gasteiger partial charge in [-0.2, -0.15) is 4.86 Å². The molecule has 0 saturated carbocycles. The highest BCUT2D eigenvalue weighted by Gasteiger charge is 2.19. The van der Waals surface area contributed by atoms with E-state index in [9.17, 15) is 4.53 Å². The highest BCUT2D eigenvalue weighted by atomic mass is 19.3. The van der Waals surface area contributed by atoms with Gasteiger partial charge in [0.15, 0.2) is 0 Å². The van der Waals surface area contributed by atoms with Crippen molar-refractivity contribution in [1.82, 2.24) is 0 Å². The quantitative estimate of drug-likeness (QED) is 0.465. The van der Waals surface area contributed by atoms with Crippen molar-refractivity contribution in [3.05, 3.63) is 0 Å². The molecule has 0 bridgehead atoms. The van der Waals surface area contributed by atoms with Crippen LogP contribution in [0.4, 0.5) is 4.53 Å². The lowest BCUT2D eigenvalue weighted by Gasteiger charge is -2.12. The van der Waals surface area contributed by atoms with Gasteiger partial charge in [0.1, 0.15) is 0 Å². The Morgan fingerprint density at radius 1 is 1.29 bits per heavy atom. The molecule has 0 aromatic rings. The first-order chi connectivity index (χ1) is 6.70. The number of halogens is 1. The Bertz CT molecular complexity index is 127. The molecule has 0 aromatic heterocycles. The monoisotopic (exact) mass is 206 g/mol. The Labute approximate surface area is 85.7 Å². The van der Waals surface area contributed by atoms with Gasteiger partial charge < -0.3 is 9.68 Å². The molecule has 1 N–H and O–H groups in total. The van der Waals surface area contributed by atoms with Crippen LogP contribution in [0.3, 0.4) is 0 Å². The summed E-state index contributed by atoms with van der Waals surface area (Å²) in [7, 11) is -1.74. The Kier molecular flexibility index (Phi) is 9.35. The first-order valence-corrected chi connectivity index (χ1v) is 5.31. The average molecular weight is 206 g/mol. The zero-order valence-electron chi connectivity index (χ0n) is 9.04. The predicted molar refractivity (Wildman–Crippen MR) is 54.1 cm³/mol. The van der Waals surface area contributed by atoms with E-state index in [0.29, 0.717) is 0 Å². The van der Waals surface area contributed by atoms with Gasteiger partial charge in [-0.3, -0.25) is 0 Å². The van der Waals surface area contributed by atoms with Crippen LogP contribution in [0, 0.1) is 0 Å². The highest BCUT2D eigenvalue weighted by Crippen LogP contribution is 2.09. The summed E-state index contributed by atoms with van der Waals surface area (Å²) >= 11 is 0. The minimum absolute atomic E-state index is 0.164. The third kappa shape index (κ3) is 8.47. The lowest BCUT2D eigenvalue weighted by atomic mass is 10.1. The summed E-state index contributed by atoms with van der Waals surface area (Å²) in [6.45, 7) is 3.96. The van der Waals surface area contributed by atoms with Crippen LogP contribution in [0.2, 0.25) is 0 Å². The molecule has 0 rings (SSSR count). The molecule has 1 atom stereocenters. The van der Waals surface area contributed by atoms with Gasteiger partial charge in [0, 0.05) is 6.10 Å². The molecule has 0 amide bonds. The van der Waals surface area contributed by atoms with Gasteiger partial charge in [-0.1, -0.05) is 43.6 Å². The molecule has 0 aromatic carbocycles. The molecular formula is C9H20BFO3. The zero-order valence-corrected chi connectivity index (χ0v) is 9.04. The largest absolute Gasteiger partial charge is 0.669 e. The molecule has 84 valence electrons. The summed E-state index contributed by atoms with van der Waals surface area (Å²) in [6.07, 6.45) is 6.57. The van der Waals surface area contributed by atoms with E-state index in [1.807, 2.05) is 0 Å². The molecule has 0 spiro atoms. The first-order valence-electron chi connectivity index (χ1n) is 5.31. The van der Waals surface area contributed by atoms with Crippen molar-refractivity contribution < 1.29 is 19.1 Å². The SMILES string of the molecule is CCCCCCCC(C)OB(O)OF. The minimum atomic E-state index is -1.74. The highest BCUT2D eigenvalue weighted by molar-refractivity contribution is 6.34. The number of rotatable bonds is 9. The molecule has 0 fully saturated rings. The second kappa shape index (κ2) is 9.43. The predicted octanol–water partition coefficient (Wildman–Crippen LogP) is 2.63. The molecule has 0 saturated heterocycles. The Morgan fingerprint density at radius 3 is 2.50 bits per heavy atom. The maximum Gasteiger partial charge on any atom is 0.669 e. The molecule has 5 heteroatoms. The van der Waals surface area contributed by atoms with Crippen molar-refractivity contribution in [2.75, 3.05) is 0 Å². The van der Waals surface area contributed by atoms with Crippen molar-refractivity contribution >= 4 is 7.32 Å². The van der Waals surface area contributed by atoms with E-state index >= 15 is 0 Å². The van der Waals surface area contributed by atoms with Crippen molar-refractivity contribution in [2.24, 2.45) is 0 Å². The van der Waals surface area contributed by atoms with Gasteiger partial charge in [-0.25, -0.2) is 0 Å². The van der Waals surface area contributed by atoms with Crippen molar-refractivity contribution in [1.29, 1.82) is 0 Å². The number of unbranched alkanes of at least 4 members (excludes halogenated alkanes) is 4. The second-order valence-electron chi connectivity index (χ2n) is 3.55. The van der Waals surface area contributed by atoms with Gasteiger partial charge in [0.05, 0.1) is 0 Å². The third-order valence-electron chi connectivity index (χ3n) is 2.14. The van der Waals surface area contributed by atoms with Crippen LogP contribution in [0.25, 0.3) is 0 Å². The van der Waals surface area contributed by atoms with Crippen LogP contribution in [0.15, 0.2) is 0 Å². The fourth-order valence-electron chi connectivity index (χ4n) is 1.32. The molecular weight excluding hydrogens is 186 g/mol. The van der Waals surface area contributed by atoms with Crippen LogP contribution < -0.4 is 0 Å². The molecule has 0 radical (unpaired) electrons. The van der Waals surface area contributed by atoms with Gasteiger partial charge in [-0.15, -0.1) is 0 Å². The zero-order chi connectivity index (χ0) is 10.8. The van der Waals surface area contributed by atoms with E-state index in [1.165, 1.54) is 19.3 Å². The van der Waals surface area contributed by atoms with Gasteiger partial charge in [0.25, 0.3) is 0 Å². The van der Waals surface area contributed by atoms with Crippen molar-refractivity contribution in [3.8, 4) is 0 Å². The summed E-state index contributed by atoms with van der Waals surface area (Å²) in [5.74, 6) is 0.